The summed E-state index contributed by atoms with van der Waals surface area (Å²) in [6.07, 6.45) is 3.85. The van der Waals surface area contributed by atoms with Gasteiger partial charge in [-0.05, 0) is 209 Å². The number of likely N-dealkylation sites (tertiary alicyclic amines) is 3. The molecule has 0 bridgehead atoms. The highest BCUT2D eigenvalue weighted by Crippen LogP contribution is 2.32. The van der Waals surface area contributed by atoms with Crippen molar-refractivity contribution in [2.24, 2.45) is 0 Å². The van der Waals surface area contributed by atoms with Crippen molar-refractivity contribution in [3.05, 3.63) is 181 Å². The van der Waals surface area contributed by atoms with Gasteiger partial charge in [-0.25, -0.2) is 54.3 Å². The summed E-state index contributed by atoms with van der Waals surface area (Å²) in [7, 11) is 0.917. The Morgan fingerprint density at radius 1 is 0.530 bits per heavy atom. The van der Waals surface area contributed by atoms with Gasteiger partial charge in [-0.1, -0.05) is 43.8 Å². The average molecular weight is 2210 g/mol. The first-order chi connectivity index (χ1) is 60.8. The summed E-state index contributed by atoms with van der Waals surface area (Å²) in [5.41, 5.74) is 9.67. The number of amides is 5. The maximum absolute atomic E-state index is 13.4. The Bertz CT molecular complexity index is 5700. The molecule has 0 spiro atoms. The van der Waals surface area contributed by atoms with Crippen LogP contribution in [0, 0.1) is 13.8 Å². The van der Waals surface area contributed by atoms with Gasteiger partial charge in [-0.15, -0.1) is 12.4 Å². The largest absolute Gasteiger partial charge is 0.480 e. The van der Waals surface area contributed by atoms with E-state index < -0.39 is 95.6 Å². The Hall–Kier alpha value is -9.70. The Morgan fingerprint density at radius 3 is 1.36 bits per heavy atom. The first-order valence-electron chi connectivity index (χ1n) is 39.1. The summed E-state index contributed by atoms with van der Waals surface area (Å²) < 4.78 is 15.8. The fraction of sp³-hybridized carbons (Fsp3) is 0.381. The van der Waals surface area contributed by atoms with Crippen LogP contribution in [0.3, 0.4) is 0 Å². The van der Waals surface area contributed by atoms with Crippen LogP contribution < -0.4 is 21.7 Å². The maximum atomic E-state index is 13.4. The SMILES string of the molecule is C.CC(=O)c1nn(CC(=O)N2C[C@@H](O)C[C@H]2C(=O)Nc2cccc(Br)n2)c2ccc(-c3cnc(C)nc3)cc12.CC(=O)c1nn(CC(=O)O)c2cc(-c3cnc(C)nc3)ccc12.CC(C)(C)OC(=O)N1C[C@@H](O)C[C@H]1C(=O)Nc1cccc(Br)n1.CC(C)(C)OC(=O)N1C[C@@H](O)C[C@H]1C(=O)O.Cl.Nc1cccc(Br)n1.O=C(Cc1cccc(Br)n1)[C@@H]1C[C@H](O)CN1.S.S=S.S=S=S. The second-order valence-corrected chi connectivity index (χ2v) is 36.0. The van der Waals surface area contributed by atoms with Crippen molar-refractivity contribution in [2.75, 3.05) is 42.5 Å². The van der Waals surface area contributed by atoms with Gasteiger partial charge in [-0.2, -0.15) is 23.7 Å². The van der Waals surface area contributed by atoms with Crippen molar-refractivity contribution >= 4 is 242 Å². The van der Waals surface area contributed by atoms with Gasteiger partial charge < -0.3 is 66.7 Å². The third kappa shape index (κ3) is 35.6. The molecular weight excluding hydrogens is 2110 g/mol. The molecule has 4 aliphatic heterocycles. The lowest BCUT2D eigenvalue weighted by Crippen LogP contribution is -2.45. The van der Waals surface area contributed by atoms with Crippen LogP contribution in [0.1, 0.15) is 127 Å². The summed E-state index contributed by atoms with van der Waals surface area (Å²) in [6, 6.07) is 29.1. The topological polar surface area (TPSA) is 521 Å². The predicted molar refractivity (Wildman–Crippen MR) is 529 cm³/mol. The highest BCUT2D eigenvalue weighted by molar-refractivity contribution is 9.11. The van der Waals surface area contributed by atoms with E-state index in [9.17, 15) is 68.4 Å². The quantitative estimate of drug-likeness (QED) is 0.0317. The number of anilines is 3. The lowest BCUT2D eigenvalue weighted by Gasteiger charge is -2.27. The minimum absolute atomic E-state index is 0. The lowest BCUT2D eigenvalue weighted by molar-refractivity contribution is -0.142. The number of fused-ring (bicyclic) bond motifs is 2. The number of pyridine rings is 4. The molecule has 0 unspecified atom stereocenters. The zero-order chi connectivity index (χ0) is 95.5. The number of carboxylic acids is 2. The maximum Gasteiger partial charge on any atom is 0.411 e. The number of nitrogens with one attached hydrogen (secondary N) is 3. The molecule has 710 valence electrons. The number of hydrogen-bond donors (Lipinski definition) is 10. The number of carboxylic acid groups (broad SMARTS) is 2. The van der Waals surface area contributed by atoms with E-state index in [-0.39, 0.29) is 120 Å². The van der Waals surface area contributed by atoms with Crippen LogP contribution >= 0.6 is 89.6 Å². The van der Waals surface area contributed by atoms with Crippen LogP contribution in [-0.4, -0.2) is 250 Å². The predicted octanol–water partition coefficient (Wildman–Crippen LogP) is 10.7. The molecular formula is C84H100Br4ClN19O18S6. The van der Waals surface area contributed by atoms with Crippen molar-refractivity contribution in [1.29, 1.82) is 0 Å². The average Bonchev–Trinajstić information content (AvgIpc) is 1.64. The molecule has 12 heterocycles. The molecule has 5 amide bonds. The molecule has 0 saturated carbocycles. The number of nitrogen functional groups attached to an aromatic ring is 1. The zero-order valence-corrected chi connectivity index (χ0v) is 84.2. The monoisotopic (exact) mass is 2210 g/mol. The number of aliphatic hydroxyl groups is 4. The number of aryl methyl sites for hydroxylation is 2. The summed E-state index contributed by atoms with van der Waals surface area (Å²) in [6.45, 7) is 16.9. The Morgan fingerprint density at radius 2 is 0.939 bits per heavy atom. The van der Waals surface area contributed by atoms with Crippen LogP contribution in [0.5, 0.6) is 0 Å². The number of rotatable bonds is 16. The van der Waals surface area contributed by atoms with Gasteiger partial charge in [0.1, 0.15) is 101 Å². The molecule has 4 saturated heterocycles. The van der Waals surface area contributed by atoms with Gasteiger partial charge in [0.2, 0.25) is 17.7 Å². The minimum atomic E-state index is -1.12. The molecule has 48 heteroatoms. The van der Waals surface area contributed by atoms with E-state index in [4.69, 9.17) is 25.4 Å². The molecule has 2 aromatic carbocycles. The lowest BCUT2D eigenvalue weighted by atomic mass is 10.0. The molecule has 14 rings (SSSR count). The number of Topliss-reactive ketones (excluding diaryl/α,β-unsaturated/α-hetero) is 3. The van der Waals surface area contributed by atoms with E-state index in [1.165, 1.54) is 33.0 Å². The number of β-amino-alcohol motifs (C(OH)–C–C–N with tert-alkyl or cyclic N) is 4. The minimum Gasteiger partial charge on any atom is -0.480 e. The standard InChI is InChI=1S/C26H24BrN7O4.C16H14N4O3.C15H20BrN3O4.C11H13BrN2O2.C10H17NO5.C5H5BrN2.CH4.ClH.S3.S2.H2S/c1-14(35)25-19-8-16(17-10-28-15(2)29-11-17)6-7-20(19)34(32-25)13-24(37)33-12-18(36)9-21(33)26(38)31-23-5-3-4-22(27)30-23;1-9(21)16-13-4-3-11(12-6-17-10(2)18-7-12)5-14(13)20(19-16)8-15(22)23;1-15(2,3)23-14(22)19-8-9(20)7-10(19)13(21)18-12-6-4-5-11(16)17-12;12-11-3-1-2-7(14-11)4-10(16)9-5-8(15)6-13-9;1-10(2,3)16-9(15)11-5-6(12)4-7(11)8(13)14;6-4-2-1-3-5(7)8-4;;;1-3-2;1-2;/h3-8,10-11,18,21,36H,9,12-13H2,1-2H3,(H,30,31,38);3-7H,8H2,1-2H3,(H,22,23);4-6,9-10,20H,7-8H2,1-3H3,(H,17,18,21);1-3,8-9,13,15H,4-6H2;6-7,12H,4-5H2,1-3H3,(H,13,14);1-3H,(H2,7,8);1H4;1H;;;1H2/t18-,21-;;9-,10-;8-,9-;6-,7-;;;;;;/m0.000....../s1. The molecule has 37 nitrogen and oxygen atoms in total. The van der Waals surface area contributed by atoms with Crippen molar-refractivity contribution < 1.29 is 88.1 Å². The second kappa shape index (κ2) is 54.0. The fourth-order valence-electron chi connectivity index (χ4n) is 13.0. The molecule has 8 aromatic heterocycles. The van der Waals surface area contributed by atoms with Gasteiger partial charge in [0.05, 0.1) is 61.0 Å². The van der Waals surface area contributed by atoms with Crippen molar-refractivity contribution in [3.8, 4) is 22.3 Å². The Labute approximate surface area is 829 Å². The van der Waals surface area contributed by atoms with Crippen LogP contribution in [0.15, 0.2) is 152 Å². The van der Waals surface area contributed by atoms with Crippen LogP contribution in [-0.2, 0) is 111 Å². The van der Waals surface area contributed by atoms with E-state index in [1.54, 1.807) is 141 Å². The molecule has 10 aromatic rings. The number of aliphatic carboxylic acids is 2. The molecule has 11 N–H and O–H groups in total. The van der Waals surface area contributed by atoms with Gasteiger partial charge in [-0.3, -0.25) is 52.7 Å². The van der Waals surface area contributed by atoms with Gasteiger partial charge >= 0.3 is 24.1 Å². The second-order valence-electron chi connectivity index (χ2n) is 31.0. The number of aliphatic hydroxyl groups excluding tert-OH is 4. The van der Waals surface area contributed by atoms with Crippen LogP contribution in [0.25, 0.3) is 44.1 Å². The summed E-state index contributed by atoms with van der Waals surface area (Å²) in [5.74, 6) is -1.19. The first-order valence-corrected chi connectivity index (χ1v) is 46.3. The smallest absolute Gasteiger partial charge is 0.411 e. The third-order valence-electron chi connectivity index (χ3n) is 18.6. The summed E-state index contributed by atoms with van der Waals surface area (Å²) >= 11 is 28.5. The normalized spacial score (nSPS) is 17.3. The highest BCUT2D eigenvalue weighted by Gasteiger charge is 2.44. The number of carbonyl (C=O) groups is 10. The molecule has 132 heavy (non-hydrogen) atoms. The summed E-state index contributed by atoms with van der Waals surface area (Å²) in [4.78, 5) is 157. The van der Waals surface area contributed by atoms with Crippen LogP contribution in [0.2, 0.25) is 0 Å². The van der Waals surface area contributed by atoms with Gasteiger partial charge in [0.25, 0.3) is 0 Å². The van der Waals surface area contributed by atoms with Crippen molar-refractivity contribution in [2.45, 2.75) is 182 Å². The molecule has 8 atom stereocenters. The fourth-order valence-corrected chi connectivity index (χ4v) is 14.4. The van der Waals surface area contributed by atoms with E-state index in [0.29, 0.717) is 79.5 Å². The van der Waals surface area contributed by atoms with E-state index in [2.05, 4.69) is 174 Å². The molecule has 4 aliphatic rings. The Kier molecular flexibility index (Phi) is 46.9. The highest BCUT2D eigenvalue weighted by atomic mass is 79.9. The summed E-state index contributed by atoms with van der Waals surface area (Å²) in [5, 5.41) is 74.8. The van der Waals surface area contributed by atoms with Gasteiger partial charge in [0.15, 0.2) is 17.3 Å². The Balaban J connectivity index is 0.000000343. The number of ketones is 3. The van der Waals surface area contributed by atoms with E-state index in [0.717, 1.165) is 50.9 Å². The molecule has 0 aliphatic carbocycles. The zero-order valence-electron chi connectivity index (χ0n) is 71.9. The number of carbonyl (C=O) groups excluding carboxylic acids is 8. The van der Waals surface area contributed by atoms with Crippen molar-refractivity contribution in [3.63, 3.8) is 0 Å². The number of halogens is 5. The number of benzene rings is 2. The van der Waals surface area contributed by atoms with Crippen LogP contribution in [0.4, 0.5) is 27.0 Å². The number of ether oxygens (including phenoxy) is 2. The third-order valence-corrected chi connectivity index (χ3v) is 20.3. The molecule has 4 fully saturated rings. The van der Waals surface area contributed by atoms with E-state index >= 15 is 0 Å². The molecule has 0 radical (unpaired) electrons. The first kappa shape index (κ1) is 115. The van der Waals surface area contributed by atoms with Crippen molar-refractivity contribution in [1.82, 2.24) is 79.4 Å². The number of hydrogen-bond acceptors (Lipinski definition) is 32. The van der Waals surface area contributed by atoms with E-state index in [1.807, 2.05) is 48.5 Å². The number of nitrogens with zero attached hydrogens (tertiary/aromatic N) is 15. The number of nitrogens with two attached hydrogens (primary N) is 1. The number of aromatic nitrogens is 12. The van der Waals surface area contributed by atoms with Gasteiger partial charge in [0, 0.05) is 152 Å².